The zero-order chi connectivity index (χ0) is 42.7. The maximum Gasteiger partial charge on any atom is 0.408 e. The van der Waals surface area contributed by atoms with Crippen molar-refractivity contribution < 1.29 is 37.1 Å². The van der Waals surface area contributed by atoms with E-state index in [4.69, 9.17) is 31.3 Å². The Balaban J connectivity index is 1.13. The molecular formula is C41H46ClN9O8S2. The zero-order valence-electron chi connectivity index (χ0n) is 33.4. The van der Waals surface area contributed by atoms with Crippen LogP contribution in [0.4, 0.5) is 4.79 Å². The van der Waals surface area contributed by atoms with Gasteiger partial charge in [0, 0.05) is 42.2 Å². The van der Waals surface area contributed by atoms with Crippen LogP contribution in [0.15, 0.2) is 71.2 Å². The molecule has 61 heavy (non-hydrogen) atoms. The smallest absolute Gasteiger partial charge is 0.408 e. The third-order valence-electron chi connectivity index (χ3n) is 11.7. The van der Waals surface area contributed by atoms with Crippen LogP contribution in [0.25, 0.3) is 22.0 Å². The summed E-state index contributed by atoms with van der Waals surface area (Å²) < 4.78 is 40.0. The molecule has 2 aliphatic carbocycles. The summed E-state index contributed by atoms with van der Waals surface area (Å²) in [6.45, 7) is -0.0126. The van der Waals surface area contributed by atoms with E-state index in [0.29, 0.717) is 41.4 Å². The molecule has 3 fully saturated rings. The monoisotopic (exact) mass is 891 g/mol. The SMILES string of the molecule is COc1ccc(-c2nn([C@@H]3C[C@H]4C(=O)N[C@]5(C(=O)NS(=O)(=O)c6ccc(Cl)nc6)C[C@H]5/C=C/CCCCC[C@@H](NC(=O)OC5CCCC5)C(=O)N4C3)nc2-c2nccs2)cc1. The number of nitrogens with zero attached hydrogens (tertiary/aromatic N) is 6. The van der Waals surface area contributed by atoms with Gasteiger partial charge in [-0.3, -0.25) is 14.4 Å². The number of fused-ring (bicyclic) bond motifs is 2. The molecule has 3 N–H and O–H groups in total. The fourth-order valence-corrected chi connectivity index (χ4v) is 10.0. The van der Waals surface area contributed by atoms with Crippen molar-refractivity contribution in [2.24, 2.45) is 5.92 Å². The van der Waals surface area contributed by atoms with Crippen LogP contribution >= 0.6 is 22.9 Å². The fourth-order valence-electron chi connectivity index (χ4n) is 8.30. The standard InChI is InChI=1S/C41H46ClN9O8S2/c1-58-28-15-13-25(14-16-28)34-35(37-43-19-20-60-37)48-51(47-34)27-21-32-36(52)46-41(39(54)49-61(56,57)30-17-18-33(42)44-23-30)22-26(41)9-5-3-2-4-6-12-31(38(53)50(32)24-27)45-40(55)59-29-10-7-8-11-29/h5,9,13-20,23,26-27,29,31-32H,2-4,6-8,10-12,21-22,24H2,1H3,(H,45,55)(H,46,52)(H,49,54)/b9-5+/t26-,27-,31-,32+,41-/m1/s1. The third-order valence-corrected chi connectivity index (χ3v) is 14.0. The van der Waals surface area contributed by atoms with Crippen molar-refractivity contribution in [2.45, 2.75) is 105 Å². The second kappa shape index (κ2) is 17.9. The van der Waals surface area contributed by atoms with Crippen LogP contribution in [0, 0.1) is 5.92 Å². The Morgan fingerprint density at radius 2 is 1.75 bits per heavy atom. The predicted octanol–water partition coefficient (Wildman–Crippen LogP) is 5.21. The lowest BCUT2D eigenvalue weighted by atomic mass is 10.0. The van der Waals surface area contributed by atoms with Crippen LogP contribution in [0.1, 0.15) is 76.7 Å². The molecule has 1 saturated heterocycles. The molecule has 2 aliphatic heterocycles. The van der Waals surface area contributed by atoms with Crippen LogP contribution in [-0.2, 0) is 29.1 Å². The maximum atomic E-state index is 14.8. The number of sulfonamides is 1. The van der Waals surface area contributed by atoms with E-state index in [1.54, 1.807) is 13.3 Å². The quantitative estimate of drug-likeness (QED) is 0.146. The Kier molecular flexibility index (Phi) is 12.4. The van der Waals surface area contributed by atoms with Gasteiger partial charge in [0.25, 0.3) is 15.9 Å². The number of nitrogens with one attached hydrogen (secondary N) is 3. The number of aromatic nitrogens is 5. The van der Waals surface area contributed by atoms with E-state index in [1.165, 1.54) is 33.2 Å². The number of halogens is 1. The number of hydrogen-bond acceptors (Lipinski definition) is 13. The number of rotatable bonds is 9. The molecule has 2 saturated carbocycles. The first-order valence-corrected chi connectivity index (χ1v) is 23.1. The largest absolute Gasteiger partial charge is 0.497 e. The minimum Gasteiger partial charge on any atom is -0.497 e. The molecule has 4 aliphatic rings. The van der Waals surface area contributed by atoms with Crippen molar-refractivity contribution in [3.8, 4) is 27.7 Å². The van der Waals surface area contributed by atoms with E-state index in [0.717, 1.165) is 50.3 Å². The van der Waals surface area contributed by atoms with Crippen LogP contribution in [-0.4, -0.2) is 99.5 Å². The first kappa shape index (κ1) is 42.3. The van der Waals surface area contributed by atoms with Gasteiger partial charge < -0.3 is 25.0 Å². The highest BCUT2D eigenvalue weighted by atomic mass is 35.5. The van der Waals surface area contributed by atoms with Crippen molar-refractivity contribution >= 4 is 56.8 Å². The molecule has 8 rings (SSSR count). The first-order chi connectivity index (χ1) is 29.4. The van der Waals surface area contributed by atoms with Gasteiger partial charge in [0.1, 0.15) is 55.9 Å². The van der Waals surface area contributed by atoms with E-state index < -0.39 is 63.4 Å². The summed E-state index contributed by atoms with van der Waals surface area (Å²) in [5, 5.41) is 18.0. The van der Waals surface area contributed by atoms with Crippen molar-refractivity contribution in [1.82, 2.24) is 45.2 Å². The maximum absolute atomic E-state index is 14.8. The van der Waals surface area contributed by atoms with Crippen LogP contribution in [0.2, 0.25) is 5.15 Å². The number of benzene rings is 1. The molecule has 4 aromatic rings. The van der Waals surface area contributed by atoms with Crippen molar-refractivity contribution in [1.29, 1.82) is 0 Å². The van der Waals surface area contributed by atoms with Crippen LogP contribution < -0.4 is 20.1 Å². The summed E-state index contributed by atoms with van der Waals surface area (Å²) in [5.74, 6) is -1.96. The van der Waals surface area contributed by atoms with Gasteiger partial charge in [-0.15, -0.1) is 16.4 Å². The topological polar surface area (TPSA) is 217 Å². The summed E-state index contributed by atoms with van der Waals surface area (Å²) >= 11 is 7.26. The molecule has 1 aromatic carbocycles. The fraction of sp³-hybridized carbons (Fsp3) is 0.463. The lowest BCUT2D eigenvalue weighted by Gasteiger charge is -2.30. The lowest BCUT2D eigenvalue weighted by molar-refractivity contribution is -0.141. The van der Waals surface area contributed by atoms with Gasteiger partial charge in [-0.25, -0.2) is 27.9 Å². The molecule has 3 aromatic heterocycles. The van der Waals surface area contributed by atoms with Crippen molar-refractivity contribution in [3.63, 3.8) is 0 Å². The highest BCUT2D eigenvalue weighted by Crippen LogP contribution is 2.46. The molecule has 4 amide bonds. The summed E-state index contributed by atoms with van der Waals surface area (Å²) in [6.07, 6.45) is 12.2. The Hall–Kier alpha value is -5.40. The summed E-state index contributed by atoms with van der Waals surface area (Å²) in [7, 11) is -2.83. The zero-order valence-corrected chi connectivity index (χ0v) is 35.8. The highest BCUT2D eigenvalue weighted by Gasteiger charge is 2.61. The van der Waals surface area contributed by atoms with E-state index in [-0.39, 0.29) is 35.5 Å². The number of methoxy groups -OCH3 is 1. The number of ether oxygens (including phenoxy) is 2. The molecule has 5 heterocycles. The van der Waals surface area contributed by atoms with Crippen molar-refractivity contribution in [3.05, 3.63) is 71.5 Å². The van der Waals surface area contributed by atoms with Gasteiger partial charge in [0.15, 0.2) is 0 Å². The molecule has 20 heteroatoms. The number of carbonyl (C=O) groups excluding carboxylic acids is 4. The molecule has 0 bridgehead atoms. The van der Waals surface area contributed by atoms with Crippen LogP contribution in [0.5, 0.6) is 5.75 Å². The molecule has 5 atom stereocenters. The number of alkyl carbamates (subject to hydrolysis) is 1. The second-order valence-electron chi connectivity index (χ2n) is 15.8. The Morgan fingerprint density at radius 3 is 2.48 bits per heavy atom. The molecule has 17 nitrogen and oxygen atoms in total. The number of pyridine rings is 1. The van der Waals surface area contributed by atoms with E-state index >= 15 is 0 Å². The average Bonchev–Trinajstić information content (AvgIpc) is 3.90. The van der Waals surface area contributed by atoms with E-state index in [1.807, 2.05) is 41.8 Å². The average molecular weight is 892 g/mol. The predicted molar refractivity (Wildman–Crippen MR) is 224 cm³/mol. The molecule has 0 radical (unpaired) electrons. The van der Waals surface area contributed by atoms with Gasteiger partial charge in [-0.2, -0.15) is 9.90 Å². The number of hydrogen-bond donors (Lipinski definition) is 3. The molecule has 0 spiro atoms. The van der Waals surface area contributed by atoms with Gasteiger partial charge in [-0.05, 0) is 87.8 Å². The molecular weight excluding hydrogens is 846 g/mol. The van der Waals surface area contributed by atoms with Gasteiger partial charge >= 0.3 is 6.09 Å². The number of carbonyl (C=O) groups is 4. The molecule has 322 valence electrons. The summed E-state index contributed by atoms with van der Waals surface area (Å²) in [6, 6.07) is 7.04. The number of thiazole rings is 1. The van der Waals surface area contributed by atoms with E-state index in [2.05, 4.69) is 25.3 Å². The van der Waals surface area contributed by atoms with Crippen molar-refractivity contribution in [2.75, 3.05) is 13.7 Å². The summed E-state index contributed by atoms with van der Waals surface area (Å²) in [4.78, 5) is 67.8. The normalized spacial score (nSPS) is 25.3. The minimum absolute atomic E-state index is 0.0126. The van der Waals surface area contributed by atoms with Gasteiger partial charge in [0.2, 0.25) is 11.8 Å². The second-order valence-corrected chi connectivity index (χ2v) is 18.7. The Labute approximate surface area is 361 Å². The lowest BCUT2D eigenvalue weighted by Crippen LogP contribution is -2.58. The molecule has 0 unspecified atom stereocenters. The third kappa shape index (κ3) is 9.28. The first-order valence-electron chi connectivity index (χ1n) is 20.4. The Morgan fingerprint density at radius 1 is 0.984 bits per heavy atom. The summed E-state index contributed by atoms with van der Waals surface area (Å²) in [5.41, 5.74) is 0.149. The minimum atomic E-state index is -4.41. The van der Waals surface area contributed by atoms with E-state index in [9.17, 15) is 27.6 Å². The number of amides is 4. The van der Waals surface area contributed by atoms with Crippen LogP contribution in [0.3, 0.4) is 0 Å². The highest BCUT2D eigenvalue weighted by molar-refractivity contribution is 7.90. The van der Waals surface area contributed by atoms with Gasteiger partial charge in [0.05, 0.1) is 13.2 Å². The number of allylic oxidation sites excluding steroid dienone is 1. The Bertz CT molecular complexity index is 2390. The van der Waals surface area contributed by atoms with Gasteiger partial charge in [-0.1, -0.05) is 36.6 Å².